The number of carbonyl (C=O) groups is 3. The smallest absolute Gasteiger partial charge is 0.359 e. The molecule has 0 aliphatic carbocycles. The zero-order valence-corrected chi connectivity index (χ0v) is 22.2. The lowest BCUT2D eigenvalue weighted by Gasteiger charge is -2.36. The Morgan fingerprint density at radius 3 is 1.34 bits per heavy atom. The fourth-order valence-corrected chi connectivity index (χ4v) is 4.65. The molecule has 7 nitrogen and oxygen atoms in total. The van der Waals surface area contributed by atoms with E-state index < -0.39 is 42.0 Å². The summed E-state index contributed by atoms with van der Waals surface area (Å²) in [7, 11) is 0. The van der Waals surface area contributed by atoms with Crippen LogP contribution in [0.25, 0.3) is 0 Å². The Kier molecular flexibility index (Phi) is 21.3. The maximum Gasteiger partial charge on any atom is 0.359 e. The molecule has 35 heavy (non-hydrogen) atoms. The number of carboxylic acids is 3. The van der Waals surface area contributed by atoms with Crippen LogP contribution in [0.3, 0.4) is 0 Å². The Morgan fingerprint density at radius 1 is 0.600 bits per heavy atom. The minimum absolute atomic E-state index is 0.220. The standard InChI is InChI=1S/C28H51NO6/c1-2-3-4-5-6-7-8-9-10-11-12-13-14-15-16-17-18-19-20-21-22-29(23-26(30)31,24-27(32)33)25-28(34)35/h11-12H,2-10,13-25H2,1H3,(H2-,30,31,32,33,34,35)/b12-11+. The van der Waals surface area contributed by atoms with Gasteiger partial charge >= 0.3 is 11.9 Å². The van der Waals surface area contributed by atoms with Gasteiger partial charge in [-0.05, 0) is 38.5 Å². The zero-order valence-electron chi connectivity index (χ0n) is 22.2. The molecule has 0 fully saturated rings. The minimum atomic E-state index is -1.42. The number of unbranched alkanes of at least 4 members (excludes halogenated alkanes) is 16. The van der Waals surface area contributed by atoms with E-state index in [0.717, 1.165) is 32.1 Å². The molecule has 0 amide bonds. The summed E-state index contributed by atoms with van der Waals surface area (Å²) in [6.07, 6.45) is 26.3. The van der Waals surface area contributed by atoms with E-state index in [9.17, 15) is 19.5 Å². The first-order valence-corrected chi connectivity index (χ1v) is 13.9. The van der Waals surface area contributed by atoms with Crippen LogP contribution in [0, 0.1) is 0 Å². The summed E-state index contributed by atoms with van der Waals surface area (Å²) < 4.78 is -0.500. The van der Waals surface area contributed by atoms with E-state index in [2.05, 4.69) is 19.1 Å². The van der Waals surface area contributed by atoms with Crippen LogP contribution >= 0.6 is 0 Å². The third-order valence-corrected chi connectivity index (χ3v) is 6.55. The van der Waals surface area contributed by atoms with Crippen LogP contribution in [0.4, 0.5) is 0 Å². The molecule has 0 aromatic carbocycles. The van der Waals surface area contributed by atoms with E-state index >= 15 is 0 Å². The average Bonchev–Trinajstić information content (AvgIpc) is 2.76. The normalized spacial score (nSPS) is 11.8. The molecule has 0 aliphatic rings. The van der Waals surface area contributed by atoms with E-state index in [4.69, 9.17) is 10.2 Å². The second-order valence-corrected chi connectivity index (χ2v) is 10.1. The lowest BCUT2D eigenvalue weighted by molar-refractivity contribution is -0.909. The SMILES string of the molecule is CCCCCCCCCC/C=C/CCCCCCCCCC[N+](CC(=O)[O-])(CC(=O)O)CC(=O)O. The second-order valence-electron chi connectivity index (χ2n) is 10.1. The maximum absolute atomic E-state index is 11.2. The van der Waals surface area contributed by atoms with Crippen molar-refractivity contribution < 1.29 is 34.2 Å². The Bertz CT molecular complexity index is 549. The minimum Gasteiger partial charge on any atom is -0.544 e. The van der Waals surface area contributed by atoms with Crippen molar-refractivity contribution in [2.45, 2.75) is 122 Å². The fraction of sp³-hybridized carbons (Fsp3) is 0.821. The van der Waals surface area contributed by atoms with Crippen LogP contribution < -0.4 is 5.11 Å². The number of hydrogen-bond donors (Lipinski definition) is 2. The molecule has 204 valence electrons. The molecule has 0 saturated carbocycles. The monoisotopic (exact) mass is 497 g/mol. The van der Waals surface area contributed by atoms with Crippen LogP contribution in [0.1, 0.15) is 122 Å². The maximum atomic E-state index is 11.2. The van der Waals surface area contributed by atoms with Gasteiger partial charge in [-0.15, -0.1) is 0 Å². The van der Waals surface area contributed by atoms with Gasteiger partial charge in [-0.1, -0.05) is 96.1 Å². The summed E-state index contributed by atoms with van der Waals surface area (Å²) in [6.45, 7) is 0.845. The molecule has 0 atom stereocenters. The molecular weight excluding hydrogens is 446 g/mol. The molecular formula is C28H51NO6. The number of carboxylic acid groups (broad SMARTS) is 3. The summed E-state index contributed by atoms with van der Waals surface area (Å²) in [5, 5.41) is 29.3. The third-order valence-electron chi connectivity index (χ3n) is 6.55. The number of quaternary nitrogens is 1. The molecule has 0 aromatic heterocycles. The highest BCUT2D eigenvalue weighted by atomic mass is 16.4. The highest BCUT2D eigenvalue weighted by molar-refractivity contribution is 5.72. The largest absolute Gasteiger partial charge is 0.544 e. The van der Waals surface area contributed by atoms with Crippen LogP contribution in [-0.4, -0.2) is 58.8 Å². The van der Waals surface area contributed by atoms with Crippen LogP contribution in [0.5, 0.6) is 0 Å². The van der Waals surface area contributed by atoms with Gasteiger partial charge in [0.05, 0.1) is 12.5 Å². The Morgan fingerprint density at radius 2 is 0.971 bits per heavy atom. The molecule has 0 spiro atoms. The summed E-state index contributed by atoms with van der Waals surface area (Å²) in [5.41, 5.74) is 0. The first kappa shape index (κ1) is 33.1. The molecule has 0 heterocycles. The molecule has 0 rings (SSSR count). The number of carbonyl (C=O) groups excluding carboxylic acids is 1. The highest BCUT2D eigenvalue weighted by Gasteiger charge is 2.33. The first-order valence-electron chi connectivity index (χ1n) is 13.9. The predicted octanol–water partition coefficient (Wildman–Crippen LogP) is 5.32. The molecule has 0 aliphatic heterocycles. The van der Waals surface area contributed by atoms with Crippen molar-refractivity contribution in [2.24, 2.45) is 0 Å². The number of hydrogen-bond acceptors (Lipinski definition) is 4. The molecule has 7 heteroatoms. The van der Waals surface area contributed by atoms with Crippen LogP contribution in [0.2, 0.25) is 0 Å². The summed E-state index contributed by atoms with van der Waals surface area (Å²) in [4.78, 5) is 33.4. The Hall–Kier alpha value is -1.89. The average molecular weight is 498 g/mol. The van der Waals surface area contributed by atoms with Gasteiger partial charge in [0.1, 0.15) is 6.54 Å². The number of rotatable bonds is 26. The highest BCUT2D eigenvalue weighted by Crippen LogP contribution is 2.14. The summed E-state index contributed by atoms with van der Waals surface area (Å²) in [6, 6.07) is 0. The quantitative estimate of drug-likeness (QED) is 0.0949. The van der Waals surface area contributed by atoms with Crippen molar-refractivity contribution in [1.82, 2.24) is 0 Å². The van der Waals surface area contributed by atoms with E-state index in [0.29, 0.717) is 6.42 Å². The van der Waals surface area contributed by atoms with Gasteiger partial charge in [-0.3, -0.25) is 0 Å². The van der Waals surface area contributed by atoms with Gasteiger partial charge in [-0.2, -0.15) is 0 Å². The molecule has 0 unspecified atom stereocenters. The van der Waals surface area contributed by atoms with E-state index in [1.165, 1.54) is 77.0 Å². The molecule has 2 N–H and O–H groups in total. The summed E-state index contributed by atoms with van der Waals surface area (Å²) >= 11 is 0. The van der Waals surface area contributed by atoms with Crippen molar-refractivity contribution in [3.8, 4) is 0 Å². The first-order chi connectivity index (χ1) is 16.8. The van der Waals surface area contributed by atoms with E-state index in [1.54, 1.807) is 0 Å². The van der Waals surface area contributed by atoms with Crippen LogP contribution in [-0.2, 0) is 14.4 Å². The molecule has 0 saturated heterocycles. The van der Waals surface area contributed by atoms with Gasteiger partial charge < -0.3 is 24.6 Å². The van der Waals surface area contributed by atoms with Gasteiger partial charge in [0.25, 0.3) is 0 Å². The third kappa shape index (κ3) is 22.3. The lowest BCUT2D eigenvalue weighted by Crippen LogP contribution is -2.59. The lowest BCUT2D eigenvalue weighted by atomic mass is 10.1. The topological polar surface area (TPSA) is 115 Å². The van der Waals surface area contributed by atoms with Crippen molar-refractivity contribution in [1.29, 1.82) is 0 Å². The van der Waals surface area contributed by atoms with Crippen molar-refractivity contribution >= 4 is 17.9 Å². The fourth-order valence-electron chi connectivity index (χ4n) is 4.65. The van der Waals surface area contributed by atoms with E-state index in [-0.39, 0.29) is 6.54 Å². The zero-order chi connectivity index (χ0) is 26.2. The Labute approximate surface area is 213 Å². The van der Waals surface area contributed by atoms with Gasteiger partial charge in [0.15, 0.2) is 13.1 Å². The van der Waals surface area contributed by atoms with Crippen molar-refractivity contribution in [3.05, 3.63) is 12.2 Å². The van der Waals surface area contributed by atoms with Gasteiger partial charge in [0.2, 0.25) is 0 Å². The number of aliphatic carboxylic acids is 3. The predicted molar refractivity (Wildman–Crippen MR) is 138 cm³/mol. The Balaban J connectivity index is 3.74. The van der Waals surface area contributed by atoms with Crippen molar-refractivity contribution in [3.63, 3.8) is 0 Å². The number of nitrogens with zero attached hydrogens (tertiary/aromatic N) is 1. The molecule has 0 aromatic rings. The number of allylic oxidation sites excluding steroid dienone is 2. The van der Waals surface area contributed by atoms with E-state index in [1.807, 2.05) is 0 Å². The molecule has 0 radical (unpaired) electrons. The second kappa shape index (κ2) is 22.6. The molecule has 0 bridgehead atoms. The summed E-state index contributed by atoms with van der Waals surface area (Å²) in [5.74, 6) is -3.82. The van der Waals surface area contributed by atoms with Gasteiger partial charge in [-0.25, -0.2) is 9.59 Å². The van der Waals surface area contributed by atoms with Crippen molar-refractivity contribution in [2.75, 3.05) is 26.2 Å². The van der Waals surface area contributed by atoms with Crippen LogP contribution in [0.15, 0.2) is 12.2 Å². The van der Waals surface area contributed by atoms with Gasteiger partial charge in [0, 0.05) is 0 Å².